The van der Waals surface area contributed by atoms with Crippen molar-refractivity contribution in [3.63, 3.8) is 0 Å². The summed E-state index contributed by atoms with van der Waals surface area (Å²) in [5.74, 6) is -0.0548. The molecule has 2 aromatic carbocycles. The number of nitrogens with two attached hydrogens (primary N) is 1. The Balaban J connectivity index is 1.54. The Morgan fingerprint density at radius 1 is 1.19 bits per heavy atom. The van der Waals surface area contributed by atoms with Gasteiger partial charge in [-0.05, 0) is 35.3 Å². The third-order valence-corrected chi connectivity index (χ3v) is 5.15. The zero-order valence-electron chi connectivity index (χ0n) is 17.5. The van der Waals surface area contributed by atoms with Gasteiger partial charge in [-0.2, -0.15) is 0 Å². The summed E-state index contributed by atoms with van der Waals surface area (Å²) < 4.78 is 0. The van der Waals surface area contributed by atoms with Crippen molar-refractivity contribution < 1.29 is 9.59 Å². The van der Waals surface area contributed by atoms with Gasteiger partial charge in [0.25, 0.3) is 0 Å². The van der Waals surface area contributed by atoms with Crippen LogP contribution in [0.4, 0.5) is 0 Å². The van der Waals surface area contributed by atoms with Crippen LogP contribution >= 0.6 is 0 Å². The summed E-state index contributed by atoms with van der Waals surface area (Å²) in [6.45, 7) is 2.90. The van der Waals surface area contributed by atoms with Gasteiger partial charge in [0.2, 0.25) is 5.91 Å². The minimum atomic E-state index is -0.461. The average Bonchev–Trinajstić information content (AvgIpc) is 2.79. The lowest BCUT2D eigenvalue weighted by Gasteiger charge is -2.29. The van der Waals surface area contributed by atoms with Crippen molar-refractivity contribution in [1.82, 2.24) is 15.8 Å². The number of amidine groups is 1. The third kappa shape index (κ3) is 6.13. The van der Waals surface area contributed by atoms with E-state index >= 15 is 0 Å². The number of carbonyl (C=O) groups excluding carboxylic acids is 2. The smallest absolute Gasteiger partial charge is 0.224 e. The van der Waals surface area contributed by atoms with Crippen LogP contribution in [-0.4, -0.2) is 29.6 Å². The molecule has 160 valence electrons. The molecule has 31 heavy (non-hydrogen) atoms. The minimum Gasteiger partial charge on any atom is -0.384 e. The Morgan fingerprint density at radius 2 is 1.90 bits per heavy atom. The fourth-order valence-electron chi connectivity index (χ4n) is 3.27. The molecule has 0 bridgehead atoms. The molecule has 7 heteroatoms. The van der Waals surface area contributed by atoms with Gasteiger partial charge in [0.1, 0.15) is 18.2 Å². The van der Waals surface area contributed by atoms with E-state index < -0.39 is 6.04 Å². The summed E-state index contributed by atoms with van der Waals surface area (Å²) in [6, 6.07) is 16.3. The Labute approximate surface area is 182 Å². The van der Waals surface area contributed by atoms with Crippen molar-refractivity contribution in [2.75, 3.05) is 6.54 Å². The first kappa shape index (κ1) is 22.0. The van der Waals surface area contributed by atoms with Gasteiger partial charge in [-0.1, -0.05) is 54.6 Å². The van der Waals surface area contributed by atoms with E-state index in [1.165, 1.54) is 0 Å². The van der Waals surface area contributed by atoms with E-state index in [9.17, 15) is 9.59 Å². The quantitative estimate of drug-likeness (QED) is 0.285. The lowest BCUT2D eigenvalue weighted by atomic mass is 10.0. The molecule has 3 rings (SSSR count). The van der Waals surface area contributed by atoms with Crippen LogP contribution in [0.5, 0.6) is 0 Å². The number of nitrogens with one attached hydrogen (secondary N) is 3. The minimum absolute atomic E-state index is 0.0191. The van der Waals surface area contributed by atoms with E-state index in [0.717, 1.165) is 28.6 Å². The largest absolute Gasteiger partial charge is 0.384 e. The van der Waals surface area contributed by atoms with Gasteiger partial charge < -0.3 is 20.9 Å². The first-order chi connectivity index (χ1) is 15.0. The van der Waals surface area contributed by atoms with Crippen molar-refractivity contribution in [1.29, 1.82) is 5.41 Å². The van der Waals surface area contributed by atoms with E-state index in [1.807, 2.05) is 66.7 Å². The van der Waals surface area contributed by atoms with Crippen LogP contribution in [0.3, 0.4) is 0 Å². The maximum atomic E-state index is 12.5. The van der Waals surface area contributed by atoms with Crippen LogP contribution in [0.15, 0.2) is 78.0 Å². The standard InChI is InChI=1S/C24H27N5O2/c1-17-11-12-29(28-22(16-30)19-5-3-2-4-6-19)15-21(17)13-23(31)27-14-18-7-9-20(10-8-18)24(25)26/h2-12,16,22,28H,13-15H2,1H3,(H3,25,26)(H,27,31). The molecule has 0 saturated carbocycles. The van der Waals surface area contributed by atoms with E-state index in [4.69, 9.17) is 11.1 Å². The molecule has 2 aromatic rings. The first-order valence-corrected chi connectivity index (χ1v) is 10.1. The summed E-state index contributed by atoms with van der Waals surface area (Å²) in [4.78, 5) is 24.1. The second-order valence-corrected chi connectivity index (χ2v) is 7.45. The van der Waals surface area contributed by atoms with Crippen LogP contribution < -0.4 is 16.5 Å². The van der Waals surface area contributed by atoms with Crippen LogP contribution in [0.1, 0.15) is 36.1 Å². The fraction of sp³-hybridized carbons (Fsp3) is 0.208. The SMILES string of the molecule is CC1=C(CC(=O)NCc2ccc(C(=N)N)cc2)CN(NC(C=O)c2ccccc2)C=C1. The number of aldehydes is 1. The number of benzene rings is 2. The first-order valence-electron chi connectivity index (χ1n) is 10.1. The molecule has 1 unspecified atom stereocenters. The zero-order valence-corrected chi connectivity index (χ0v) is 17.5. The average molecular weight is 418 g/mol. The number of hydrazine groups is 1. The predicted octanol–water partition coefficient (Wildman–Crippen LogP) is 2.57. The Hall–Kier alpha value is -3.71. The topological polar surface area (TPSA) is 111 Å². The summed E-state index contributed by atoms with van der Waals surface area (Å²) >= 11 is 0. The van der Waals surface area contributed by atoms with Crippen molar-refractivity contribution >= 4 is 18.0 Å². The second kappa shape index (κ2) is 10.4. The summed E-state index contributed by atoms with van der Waals surface area (Å²) in [5, 5.41) is 12.2. The molecule has 7 nitrogen and oxygen atoms in total. The monoisotopic (exact) mass is 417 g/mol. The lowest BCUT2D eigenvalue weighted by Crippen LogP contribution is -2.40. The molecule has 0 aromatic heterocycles. The van der Waals surface area contributed by atoms with Gasteiger partial charge in [0.15, 0.2) is 0 Å². The molecular formula is C24H27N5O2. The number of rotatable bonds is 9. The summed E-state index contributed by atoms with van der Waals surface area (Å²) in [5.41, 5.74) is 13.2. The van der Waals surface area contributed by atoms with Crippen LogP contribution in [0, 0.1) is 5.41 Å². The molecule has 1 amide bonds. The predicted molar refractivity (Wildman–Crippen MR) is 121 cm³/mol. The van der Waals surface area contributed by atoms with Crippen molar-refractivity contribution in [2.24, 2.45) is 5.73 Å². The number of hydrogen-bond donors (Lipinski definition) is 4. The molecule has 0 radical (unpaired) electrons. The van der Waals surface area contributed by atoms with Gasteiger partial charge >= 0.3 is 0 Å². The van der Waals surface area contributed by atoms with Crippen molar-refractivity contribution in [2.45, 2.75) is 25.9 Å². The van der Waals surface area contributed by atoms with E-state index in [0.29, 0.717) is 18.7 Å². The van der Waals surface area contributed by atoms with Gasteiger partial charge in [0.05, 0.1) is 6.54 Å². The van der Waals surface area contributed by atoms with E-state index in [-0.39, 0.29) is 18.2 Å². The number of amides is 1. The highest BCUT2D eigenvalue weighted by Crippen LogP contribution is 2.19. The number of carbonyl (C=O) groups is 2. The maximum absolute atomic E-state index is 12.5. The molecule has 5 N–H and O–H groups in total. The highest BCUT2D eigenvalue weighted by molar-refractivity contribution is 5.94. The molecule has 0 spiro atoms. The molecule has 0 saturated heterocycles. The Morgan fingerprint density at radius 3 is 2.55 bits per heavy atom. The number of nitrogen functional groups attached to an aromatic ring is 1. The molecule has 0 aliphatic carbocycles. The molecule has 1 heterocycles. The summed E-state index contributed by atoms with van der Waals surface area (Å²) in [6.07, 6.45) is 4.97. The molecule has 1 aliphatic heterocycles. The lowest BCUT2D eigenvalue weighted by molar-refractivity contribution is -0.120. The van der Waals surface area contributed by atoms with E-state index in [2.05, 4.69) is 10.7 Å². The molecule has 0 fully saturated rings. The fourth-order valence-corrected chi connectivity index (χ4v) is 3.27. The highest BCUT2D eigenvalue weighted by atomic mass is 16.1. The van der Waals surface area contributed by atoms with Crippen LogP contribution in [0.2, 0.25) is 0 Å². The number of nitrogens with zero attached hydrogens (tertiary/aromatic N) is 1. The maximum Gasteiger partial charge on any atom is 0.224 e. The van der Waals surface area contributed by atoms with Gasteiger partial charge in [-0.15, -0.1) is 0 Å². The highest BCUT2D eigenvalue weighted by Gasteiger charge is 2.18. The number of allylic oxidation sites excluding steroid dienone is 2. The normalized spacial score (nSPS) is 14.3. The summed E-state index contributed by atoms with van der Waals surface area (Å²) in [7, 11) is 0. The van der Waals surface area contributed by atoms with Gasteiger partial charge in [-0.25, -0.2) is 5.43 Å². The van der Waals surface area contributed by atoms with Crippen LogP contribution in [0.25, 0.3) is 0 Å². The van der Waals surface area contributed by atoms with Crippen LogP contribution in [-0.2, 0) is 16.1 Å². The van der Waals surface area contributed by atoms with Crippen molar-refractivity contribution in [3.8, 4) is 0 Å². The molecule has 1 atom stereocenters. The van der Waals surface area contributed by atoms with E-state index in [1.54, 1.807) is 12.1 Å². The Kier molecular flexibility index (Phi) is 7.35. The van der Waals surface area contributed by atoms with Gasteiger partial charge in [0, 0.05) is 24.7 Å². The number of hydrogen-bond acceptors (Lipinski definition) is 5. The third-order valence-electron chi connectivity index (χ3n) is 5.15. The van der Waals surface area contributed by atoms with Gasteiger partial charge in [-0.3, -0.25) is 10.2 Å². The van der Waals surface area contributed by atoms with Crippen molar-refractivity contribution in [3.05, 3.63) is 94.7 Å². The molecule has 1 aliphatic rings. The molecular weight excluding hydrogens is 390 g/mol. The zero-order chi connectivity index (χ0) is 22.2. The Bertz CT molecular complexity index is 996. The second-order valence-electron chi connectivity index (χ2n) is 7.45.